The standard InChI is InChI=1S/C17H30O3/c1-5-9-13-15(11-7-3)19-17(18)20-16(12-8-4)14-10-6-2/h13-14H,5-12H2,1-4H3. The predicted octanol–water partition coefficient (Wildman–Crippen LogP) is 6.11. The van der Waals surface area contributed by atoms with Gasteiger partial charge in [0.15, 0.2) is 0 Å². The normalized spacial score (nSPS) is 12.4. The fraction of sp³-hybridized carbons (Fsp3) is 0.706. The first-order chi connectivity index (χ1) is 9.67. The topological polar surface area (TPSA) is 35.5 Å². The molecule has 0 aliphatic heterocycles. The molecular weight excluding hydrogens is 252 g/mol. The van der Waals surface area contributed by atoms with E-state index in [2.05, 4.69) is 27.7 Å². The highest BCUT2D eigenvalue weighted by Gasteiger charge is 2.10. The molecular formula is C17H30O3. The van der Waals surface area contributed by atoms with E-state index in [4.69, 9.17) is 9.47 Å². The Morgan fingerprint density at radius 3 is 1.45 bits per heavy atom. The Morgan fingerprint density at radius 1 is 0.750 bits per heavy atom. The molecule has 20 heavy (non-hydrogen) atoms. The van der Waals surface area contributed by atoms with Crippen LogP contribution in [0.15, 0.2) is 23.7 Å². The van der Waals surface area contributed by atoms with Crippen molar-refractivity contribution in [1.82, 2.24) is 0 Å². The summed E-state index contributed by atoms with van der Waals surface area (Å²) in [7, 11) is 0. The van der Waals surface area contributed by atoms with Crippen molar-refractivity contribution >= 4 is 6.16 Å². The monoisotopic (exact) mass is 282 g/mol. The first kappa shape index (κ1) is 18.8. The first-order valence-electron chi connectivity index (χ1n) is 7.95. The van der Waals surface area contributed by atoms with Gasteiger partial charge in [-0.3, -0.25) is 0 Å². The van der Waals surface area contributed by atoms with E-state index in [1.165, 1.54) is 0 Å². The minimum absolute atomic E-state index is 0.600. The molecule has 0 aliphatic carbocycles. The zero-order valence-corrected chi connectivity index (χ0v) is 13.5. The van der Waals surface area contributed by atoms with Crippen LogP contribution in [0.25, 0.3) is 0 Å². The van der Waals surface area contributed by atoms with Gasteiger partial charge in [0.25, 0.3) is 0 Å². The number of carbonyl (C=O) groups is 1. The number of carbonyl (C=O) groups excluding carboxylic acids is 1. The Labute approximate surface area is 124 Å². The van der Waals surface area contributed by atoms with Gasteiger partial charge in [0.1, 0.15) is 11.5 Å². The predicted molar refractivity (Wildman–Crippen MR) is 83.4 cm³/mol. The van der Waals surface area contributed by atoms with E-state index >= 15 is 0 Å². The van der Waals surface area contributed by atoms with Gasteiger partial charge in [-0.2, -0.15) is 0 Å². The molecule has 0 N–H and O–H groups in total. The van der Waals surface area contributed by atoms with E-state index in [0.29, 0.717) is 0 Å². The van der Waals surface area contributed by atoms with Crippen molar-refractivity contribution in [3.8, 4) is 0 Å². The summed E-state index contributed by atoms with van der Waals surface area (Å²) in [6.07, 6.45) is 10.8. The largest absolute Gasteiger partial charge is 0.518 e. The van der Waals surface area contributed by atoms with Crippen LogP contribution in [0.2, 0.25) is 0 Å². The molecule has 0 saturated heterocycles. The van der Waals surface area contributed by atoms with E-state index < -0.39 is 6.16 Å². The van der Waals surface area contributed by atoms with Crippen LogP contribution in [0.1, 0.15) is 79.1 Å². The first-order valence-corrected chi connectivity index (χ1v) is 7.95. The van der Waals surface area contributed by atoms with Crippen molar-refractivity contribution in [2.75, 3.05) is 0 Å². The smallest absolute Gasteiger partial charge is 0.400 e. The third kappa shape index (κ3) is 9.65. The lowest BCUT2D eigenvalue weighted by atomic mass is 10.2. The Hall–Kier alpha value is -1.25. The van der Waals surface area contributed by atoms with Crippen LogP contribution in [0.3, 0.4) is 0 Å². The van der Waals surface area contributed by atoms with Crippen molar-refractivity contribution in [2.24, 2.45) is 0 Å². The second-order valence-electron chi connectivity index (χ2n) is 4.87. The third-order valence-corrected chi connectivity index (χ3v) is 2.74. The van der Waals surface area contributed by atoms with Gasteiger partial charge in [-0.15, -0.1) is 0 Å². The fourth-order valence-corrected chi connectivity index (χ4v) is 1.73. The van der Waals surface area contributed by atoms with Crippen LogP contribution in [0.4, 0.5) is 4.79 Å². The molecule has 0 saturated carbocycles. The molecule has 0 aromatic carbocycles. The average Bonchev–Trinajstić information content (AvgIpc) is 2.42. The number of hydrogen-bond donors (Lipinski definition) is 0. The van der Waals surface area contributed by atoms with Crippen LogP contribution < -0.4 is 0 Å². The van der Waals surface area contributed by atoms with Gasteiger partial charge < -0.3 is 9.47 Å². The van der Waals surface area contributed by atoms with Crippen molar-refractivity contribution in [1.29, 1.82) is 0 Å². The maximum absolute atomic E-state index is 11.8. The summed E-state index contributed by atoms with van der Waals surface area (Å²) in [6.45, 7) is 8.34. The second-order valence-corrected chi connectivity index (χ2v) is 4.87. The van der Waals surface area contributed by atoms with Crippen LogP contribution in [-0.4, -0.2) is 6.16 Å². The molecule has 3 heteroatoms. The summed E-state index contributed by atoms with van der Waals surface area (Å²) in [5, 5.41) is 0. The number of ether oxygens (including phenoxy) is 2. The van der Waals surface area contributed by atoms with Gasteiger partial charge in [0.05, 0.1) is 0 Å². The fourth-order valence-electron chi connectivity index (χ4n) is 1.73. The van der Waals surface area contributed by atoms with Crippen LogP contribution in [-0.2, 0) is 9.47 Å². The maximum Gasteiger partial charge on any atom is 0.518 e. The van der Waals surface area contributed by atoms with Gasteiger partial charge in [-0.1, -0.05) is 40.5 Å². The Kier molecular flexibility index (Phi) is 12.0. The number of allylic oxidation sites excluding steroid dienone is 4. The summed E-state index contributed by atoms with van der Waals surface area (Å²) >= 11 is 0. The molecule has 0 atom stereocenters. The molecule has 0 spiro atoms. The van der Waals surface area contributed by atoms with Gasteiger partial charge in [-0.05, 0) is 37.8 Å². The molecule has 0 aromatic heterocycles. The molecule has 0 aliphatic rings. The molecule has 0 unspecified atom stereocenters. The van der Waals surface area contributed by atoms with E-state index in [1.54, 1.807) is 0 Å². The van der Waals surface area contributed by atoms with Crippen molar-refractivity contribution < 1.29 is 14.3 Å². The summed E-state index contributed by atoms with van der Waals surface area (Å²) in [5.74, 6) is 1.45. The summed E-state index contributed by atoms with van der Waals surface area (Å²) < 4.78 is 10.6. The second kappa shape index (κ2) is 12.8. The third-order valence-electron chi connectivity index (χ3n) is 2.74. The molecule has 0 amide bonds. The minimum atomic E-state index is -0.600. The van der Waals surface area contributed by atoms with Crippen LogP contribution in [0.5, 0.6) is 0 Å². The highest BCUT2D eigenvalue weighted by Crippen LogP contribution is 2.14. The zero-order chi connectivity index (χ0) is 15.2. The molecule has 0 bridgehead atoms. The van der Waals surface area contributed by atoms with Gasteiger partial charge in [-0.25, -0.2) is 4.79 Å². The number of rotatable bonds is 10. The average molecular weight is 282 g/mol. The summed E-state index contributed by atoms with van der Waals surface area (Å²) in [5.41, 5.74) is 0. The molecule has 116 valence electrons. The van der Waals surface area contributed by atoms with Gasteiger partial charge in [0.2, 0.25) is 0 Å². The quantitative estimate of drug-likeness (QED) is 0.358. The Morgan fingerprint density at radius 2 is 1.15 bits per heavy atom. The minimum Gasteiger partial charge on any atom is -0.400 e. The van der Waals surface area contributed by atoms with E-state index in [0.717, 1.165) is 62.9 Å². The lowest BCUT2D eigenvalue weighted by molar-refractivity contribution is 0.0964. The Balaban J connectivity index is 4.47. The van der Waals surface area contributed by atoms with E-state index in [-0.39, 0.29) is 0 Å². The van der Waals surface area contributed by atoms with Crippen molar-refractivity contribution in [3.05, 3.63) is 23.7 Å². The van der Waals surface area contributed by atoms with Crippen LogP contribution >= 0.6 is 0 Å². The lowest BCUT2D eigenvalue weighted by Crippen LogP contribution is -2.07. The van der Waals surface area contributed by atoms with Crippen molar-refractivity contribution in [2.45, 2.75) is 79.1 Å². The summed E-state index contributed by atoms with van der Waals surface area (Å²) in [6, 6.07) is 0. The van der Waals surface area contributed by atoms with E-state index in [9.17, 15) is 4.79 Å². The molecule has 3 nitrogen and oxygen atoms in total. The highest BCUT2D eigenvalue weighted by molar-refractivity contribution is 5.62. The number of hydrogen-bond acceptors (Lipinski definition) is 3. The van der Waals surface area contributed by atoms with Gasteiger partial charge >= 0.3 is 6.16 Å². The highest BCUT2D eigenvalue weighted by atomic mass is 16.7. The molecule has 0 radical (unpaired) electrons. The van der Waals surface area contributed by atoms with E-state index in [1.807, 2.05) is 12.2 Å². The van der Waals surface area contributed by atoms with Gasteiger partial charge in [0, 0.05) is 12.8 Å². The summed E-state index contributed by atoms with van der Waals surface area (Å²) in [4.78, 5) is 11.8. The molecule has 0 fully saturated rings. The molecule has 0 rings (SSSR count). The number of unbranched alkanes of at least 4 members (excludes halogenated alkanes) is 2. The van der Waals surface area contributed by atoms with Crippen LogP contribution in [0, 0.1) is 0 Å². The molecule has 0 aromatic rings. The maximum atomic E-state index is 11.8. The zero-order valence-electron chi connectivity index (χ0n) is 13.5. The van der Waals surface area contributed by atoms with Crippen molar-refractivity contribution in [3.63, 3.8) is 0 Å². The lowest BCUT2D eigenvalue weighted by Gasteiger charge is -2.10. The Bertz CT molecular complexity index is 286. The molecule has 0 heterocycles. The SMILES string of the molecule is CCCC=C(CCC)OC(=O)OC(=CCCC)CCC.